The zero-order valence-electron chi connectivity index (χ0n) is 16.4. The third-order valence-corrected chi connectivity index (χ3v) is 4.86. The molecular formula is C19H27BrN2O5. The molecule has 7 nitrogen and oxygen atoms in total. The van der Waals surface area contributed by atoms with E-state index in [2.05, 4.69) is 21.2 Å². The molecule has 0 radical (unpaired) electrons. The van der Waals surface area contributed by atoms with E-state index in [-0.39, 0.29) is 18.0 Å². The average molecular weight is 443 g/mol. The second-order valence-corrected chi connectivity index (χ2v) is 8.26. The molecule has 1 aromatic carbocycles. The second kappa shape index (κ2) is 8.82. The van der Waals surface area contributed by atoms with E-state index in [9.17, 15) is 9.59 Å². The smallest absolute Gasteiger partial charge is 0.410 e. The molecule has 2 amide bonds. The predicted octanol–water partition coefficient (Wildman–Crippen LogP) is 3.60. The molecule has 1 fully saturated rings. The Kier molecular flexibility index (Phi) is 6.97. The summed E-state index contributed by atoms with van der Waals surface area (Å²) < 4.78 is 16.5. The van der Waals surface area contributed by atoms with E-state index in [1.165, 1.54) is 7.11 Å². The minimum absolute atomic E-state index is 0.00353. The topological polar surface area (TPSA) is 77.1 Å². The normalized spacial score (nSPS) is 15.3. The third-order valence-electron chi connectivity index (χ3n) is 4.20. The highest BCUT2D eigenvalue weighted by atomic mass is 79.9. The highest BCUT2D eigenvalue weighted by Crippen LogP contribution is 2.33. The quantitative estimate of drug-likeness (QED) is 0.770. The molecule has 0 aromatic heterocycles. The van der Waals surface area contributed by atoms with E-state index in [1.807, 2.05) is 20.8 Å². The van der Waals surface area contributed by atoms with Gasteiger partial charge in [-0.05, 0) is 61.7 Å². The molecular weight excluding hydrogens is 416 g/mol. The van der Waals surface area contributed by atoms with Crippen LogP contribution in [0.4, 0.5) is 4.79 Å². The summed E-state index contributed by atoms with van der Waals surface area (Å²) in [6.45, 7) is 6.64. The van der Waals surface area contributed by atoms with Crippen molar-refractivity contribution in [2.24, 2.45) is 0 Å². The van der Waals surface area contributed by atoms with Gasteiger partial charge in [-0.25, -0.2) is 4.79 Å². The Bertz CT molecular complexity index is 694. The van der Waals surface area contributed by atoms with Crippen molar-refractivity contribution >= 4 is 27.9 Å². The summed E-state index contributed by atoms with van der Waals surface area (Å²) in [4.78, 5) is 26.5. The Hall–Kier alpha value is -1.96. The van der Waals surface area contributed by atoms with Gasteiger partial charge >= 0.3 is 6.09 Å². The fraction of sp³-hybridized carbons (Fsp3) is 0.579. The summed E-state index contributed by atoms with van der Waals surface area (Å²) in [6.07, 6.45) is 1.04. The number of likely N-dealkylation sites (tertiary alicyclic amines) is 1. The van der Waals surface area contributed by atoms with Gasteiger partial charge in [-0.3, -0.25) is 4.79 Å². The number of ether oxygens (including phenoxy) is 3. The zero-order valence-corrected chi connectivity index (χ0v) is 18.0. The Morgan fingerprint density at radius 3 is 2.19 bits per heavy atom. The van der Waals surface area contributed by atoms with Gasteiger partial charge in [0, 0.05) is 23.6 Å². The van der Waals surface area contributed by atoms with Crippen molar-refractivity contribution in [1.82, 2.24) is 10.2 Å². The van der Waals surface area contributed by atoms with Gasteiger partial charge in [0.1, 0.15) is 5.60 Å². The van der Waals surface area contributed by atoms with Crippen molar-refractivity contribution in [2.45, 2.75) is 45.3 Å². The van der Waals surface area contributed by atoms with E-state index in [1.54, 1.807) is 24.1 Å². The lowest BCUT2D eigenvalue weighted by molar-refractivity contribution is 0.0199. The number of hydrogen-bond donors (Lipinski definition) is 1. The predicted molar refractivity (Wildman–Crippen MR) is 106 cm³/mol. The summed E-state index contributed by atoms with van der Waals surface area (Å²) in [5.41, 5.74) is -0.0378. The first-order valence-corrected chi connectivity index (χ1v) is 9.64. The molecule has 1 saturated heterocycles. The van der Waals surface area contributed by atoms with Gasteiger partial charge in [-0.2, -0.15) is 0 Å². The highest BCUT2D eigenvalue weighted by molar-refractivity contribution is 9.10. The Morgan fingerprint density at radius 2 is 1.67 bits per heavy atom. The summed E-state index contributed by atoms with van der Waals surface area (Å²) in [5.74, 6) is 0.843. The average Bonchev–Trinajstić information content (AvgIpc) is 2.60. The van der Waals surface area contributed by atoms with Crippen molar-refractivity contribution < 1.29 is 23.8 Å². The molecule has 1 aromatic rings. The molecule has 27 heavy (non-hydrogen) atoms. The first-order valence-electron chi connectivity index (χ1n) is 8.85. The number of benzene rings is 1. The van der Waals surface area contributed by atoms with Crippen molar-refractivity contribution in [1.29, 1.82) is 0 Å². The van der Waals surface area contributed by atoms with Gasteiger partial charge in [-0.15, -0.1) is 0 Å². The second-order valence-electron chi connectivity index (χ2n) is 7.40. The molecule has 8 heteroatoms. The van der Waals surface area contributed by atoms with Crippen LogP contribution in [0, 0.1) is 0 Å². The first-order chi connectivity index (χ1) is 12.6. The molecule has 0 saturated carbocycles. The molecule has 0 spiro atoms. The van der Waals surface area contributed by atoms with E-state index < -0.39 is 5.60 Å². The number of amides is 2. The van der Waals surface area contributed by atoms with Gasteiger partial charge in [0.05, 0.1) is 19.8 Å². The number of nitrogens with zero attached hydrogens (tertiary/aromatic N) is 1. The lowest BCUT2D eigenvalue weighted by atomic mass is 10.0. The van der Waals surface area contributed by atoms with Crippen LogP contribution in [0.3, 0.4) is 0 Å². The van der Waals surface area contributed by atoms with Crippen LogP contribution in [0.1, 0.15) is 44.0 Å². The minimum Gasteiger partial charge on any atom is -0.493 e. The maximum Gasteiger partial charge on any atom is 0.410 e. The molecule has 0 bridgehead atoms. The van der Waals surface area contributed by atoms with E-state index in [0.717, 1.165) is 0 Å². The van der Waals surface area contributed by atoms with Crippen LogP contribution in [0.15, 0.2) is 16.6 Å². The Balaban J connectivity index is 1.96. The number of carbonyl (C=O) groups is 2. The zero-order chi connectivity index (χ0) is 20.2. The van der Waals surface area contributed by atoms with Crippen molar-refractivity contribution in [2.75, 3.05) is 27.3 Å². The van der Waals surface area contributed by atoms with Crippen molar-refractivity contribution in [3.63, 3.8) is 0 Å². The molecule has 150 valence electrons. The van der Waals surface area contributed by atoms with Gasteiger partial charge in [0.15, 0.2) is 11.5 Å². The largest absolute Gasteiger partial charge is 0.493 e. The summed E-state index contributed by atoms with van der Waals surface area (Å²) in [6, 6.07) is 3.35. The number of piperidine rings is 1. The number of hydrogen-bond acceptors (Lipinski definition) is 5. The fourth-order valence-corrected chi connectivity index (χ4v) is 3.33. The number of halogens is 1. The number of rotatable bonds is 4. The molecule has 1 N–H and O–H groups in total. The lowest BCUT2D eigenvalue weighted by Gasteiger charge is -2.33. The Labute approximate surface area is 168 Å². The first kappa shape index (κ1) is 21.3. The van der Waals surface area contributed by atoms with Crippen LogP contribution in [0.5, 0.6) is 11.5 Å². The van der Waals surface area contributed by atoms with Crippen molar-refractivity contribution in [3.8, 4) is 11.5 Å². The van der Waals surface area contributed by atoms with Crippen LogP contribution < -0.4 is 14.8 Å². The summed E-state index contributed by atoms with van der Waals surface area (Å²) in [7, 11) is 3.07. The Morgan fingerprint density at radius 1 is 1.11 bits per heavy atom. The van der Waals surface area contributed by atoms with Gasteiger partial charge < -0.3 is 24.4 Å². The molecule has 1 heterocycles. The maximum absolute atomic E-state index is 12.7. The van der Waals surface area contributed by atoms with Crippen LogP contribution in [0.25, 0.3) is 0 Å². The van der Waals surface area contributed by atoms with E-state index >= 15 is 0 Å². The third kappa shape index (κ3) is 5.76. The monoisotopic (exact) mass is 442 g/mol. The molecule has 1 aliphatic heterocycles. The molecule has 2 rings (SSSR count). The number of nitrogens with one attached hydrogen (secondary N) is 1. The number of carbonyl (C=O) groups excluding carboxylic acids is 2. The van der Waals surface area contributed by atoms with Gasteiger partial charge in [-0.1, -0.05) is 0 Å². The summed E-state index contributed by atoms with van der Waals surface area (Å²) in [5, 5.41) is 3.03. The minimum atomic E-state index is -0.512. The van der Waals surface area contributed by atoms with Crippen molar-refractivity contribution in [3.05, 3.63) is 22.2 Å². The number of methoxy groups -OCH3 is 2. The summed E-state index contributed by atoms with van der Waals surface area (Å²) >= 11 is 3.41. The molecule has 1 aliphatic rings. The van der Waals surface area contributed by atoms with Crippen LogP contribution in [-0.4, -0.2) is 55.9 Å². The lowest BCUT2D eigenvalue weighted by Crippen LogP contribution is -2.47. The standard InChI is InChI=1S/C19H27BrN2O5/c1-19(2,3)27-18(24)22-8-6-12(7-9-22)21-17(23)13-10-15(25-4)16(26-5)11-14(13)20/h10-12H,6-9H2,1-5H3,(H,21,23). The van der Waals surface area contributed by atoms with Crippen LogP contribution in [0.2, 0.25) is 0 Å². The highest BCUT2D eigenvalue weighted by Gasteiger charge is 2.28. The molecule has 0 unspecified atom stereocenters. The molecule has 0 atom stereocenters. The van der Waals surface area contributed by atoms with E-state index in [0.29, 0.717) is 47.5 Å². The van der Waals surface area contributed by atoms with Crippen LogP contribution >= 0.6 is 15.9 Å². The van der Waals surface area contributed by atoms with Gasteiger partial charge in [0.2, 0.25) is 0 Å². The molecule has 0 aliphatic carbocycles. The maximum atomic E-state index is 12.7. The van der Waals surface area contributed by atoms with Gasteiger partial charge in [0.25, 0.3) is 5.91 Å². The van der Waals surface area contributed by atoms with Crippen LogP contribution in [-0.2, 0) is 4.74 Å². The van der Waals surface area contributed by atoms with E-state index in [4.69, 9.17) is 14.2 Å². The SMILES string of the molecule is COc1cc(Br)c(C(=O)NC2CCN(C(=O)OC(C)(C)C)CC2)cc1OC. The fourth-order valence-electron chi connectivity index (χ4n) is 2.82.